The highest BCUT2D eigenvalue weighted by Gasteiger charge is 2.34. The number of anilines is 1. The lowest BCUT2D eigenvalue weighted by Crippen LogP contribution is -2.35. The Morgan fingerprint density at radius 1 is 1.12 bits per heavy atom. The molecule has 0 bridgehead atoms. The lowest BCUT2D eigenvalue weighted by molar-refractivity contribution is 0.181. The van der Waals surface area contributed by atoms with Crippen LogP contribution in [0.4, 0.5) is 5.69 Å². The highest BCUT2D eigenvalue weighted by molar-refractivity contribution is 5.54. The maximum Gasteiger partial charge on any atom is 0.0574 e. The molecule has 1 aliphatic carbocycles. The van der Waals surface area contributed by atoms with Crippen LogP contribution < -0.4 is 10.4 Å². The first-order valence-electron chi connectivity index (χ1n) is 9.50. The number of para-hydroxylation sites is 1. The van der Waals surface area contributed by atoms with E-state index < -0.39 is 0 Å². The normalized spacial score (nSPS) is 28.0. The summed E-state index contributed by atoms with van der Waals surface area (Å²) in [6.45, 7) is 7.27. The van der Waals surface area contributed by atoms with E-state index in [2.05, 4.69) is 70.8 Å². The van der Waals surface area contributed by atoms with Crippen LogP contribution >= 0.6 is 0 Å². The Hall–Kier alpha value is -1.58. The molecule has 2 aliphatic heterocycles. The Kier molecular flexibility index (Phi) is 4.72. The van der Waals surface area contributed by atoms with Crippen molar-refractivity contribution in [3.63, 3.8) is 0 Å². The number of fused-ring (bicyclic) bond motifs is 1. The number of piperidine rings is 1. The SMILES string of the molecule is CC1CCN(CCC2C=CC=C3C2CNN3c2ccccc2)CC1. The molecule has 3 heteroatoms. The van der Waals surface area contributed by atoms with Crippen molar-refractivity contribution < 1.29 is 0 Å². The van der Waals surface area contributed by atoms with Crippen molar-refractivity contribution >= 4 is 5.69 Å². The maximum absolute atomic E-state index is 3.60. The molecule has 3 nitrogen and oxygen atoms in total. The van der Waals surface area contributed by atoms with Crippen LogP contribution in [0.3, 0.4) is 0 Å². The van der Waals surface area contributed by atoms with E-state index in [-0.39, 0.29) is 0 Å². The predicted octanol–water partition coefficient (Wildman–Crippen LogP) is 3.82. The number of hydrogen-bond donors (Lipinski definition) is 1. The van der Waals surface area contributed by atoms with Crippen molar-refractivity contribution in [1.29, 1.82) is 0 Å². The van der Waals surface area contributed by atoms with Gasteiger partial charge in [0, 0.05) is 18.2 Å². The first-order valence-corrected chi connectivity index (χ1v) is 9.50. The molecule has 24 heavy (non-hydrogen) atoms. The van der Waals surface area contributed by atoms with Gasteiger partial charge < -0.3 is 4.90 Å². The molecule has 1 aromatic carbocycles. The van der Waals surface area contributed by atoms with Crippen LogP contribution in [0.15, 0.2) is 54.3 Å². The molecule has 2 unspecified atom stereocenters. The van der Waals surface area contributed by atoms with Crippen molar-refractivity contribution in [2.45, 2.75) is 26.2 Å². The molecule has 2 atom stereocenters. The molecule has 2 saturated heterocycles. The summed E-state index contributed by atoms with van der Waals surface area (Å²) >= 11 is 0. The summed E-state index contributed by atoms with van der Waals surface area (Å²) in [4.78, 5) is 2.67. The number of benzene rings is 1. The smallest absolute Gasteiger partial charge is 0.0574 e. The molecule has 128 valence electrons. The molecule has 3 aliphatic rings. The summed E-state index contributed by atoms with van der Waals surface area (Å²) in [5, 5.41) is 2.28. The molecule has 0 saturated carbocycles. The number of likely N-dealkylation sites (tertiary alicyclic amines) is 1. The molecule has 0 amide bonds. The second-order valence-corrected chi connectivity index (χ2v) is 7.59. The fraction of sp³-hybridized carbons (Fsp3) is 0.524. The molecule has 2 heterocycles. The zero-order valence-electron chi connectivity index (χ0n) is 14.7. The van der Waals surface area contributed by atoms with E-state index in [4.69, 9.17) is 0 Å². The van der Waals surface area contributed by atoms with Gasteiger partial charge in [-0.05, 0) is 68.9 Å². The minimum Gasteiger partial charge on any atom is -0.303 e. The van der Waals surface area contributed by atoms with Crippen LogP contribution in [0.25, 0.3) is 0 Å². The standard InChI is InChI=1S/C21H29N3/c1-17-10-13-23(14-11-17)15-12-18-6-5-9-21-20(18)16-22-24(21)19-7-3-2-4-8-19/h2-9,17-18,20,22H,10-16H2,1H3. The average molecular weight is 323 g/mol. The number of hydrogen-bond acceptors (Lipinski definition) is 3. The van der Waals surface area contributed by atoms with Crippen LogP contribution in [0.1, 0.15) is 26.2 Å². The molecule has 0 spiro atoms. The average Bonchev–Trinajstić information content (AvgIpc) is 3.07. The van der Waals surface area contributed by atoms with E-state index in [1.807, 2.05) is 0 Å². The van der Waals surface area contributed by atoms with Crippen molar-refractivity contribution in [2.24, 2.45) is 17.8 Å². The van der Waals surface area contributed by atoms with Crippen LogP contribution in [0.5, 0.6) is 0 Å². The van der Waals surface area contributed by atoms with Gasteiger partial charge in [-0.25, -0.2) is 5.43 Å². The largest absolute Gasteiger partial charge is 0.303 e. The Morgan fingerprint density at radius 3 is 2.71 bits per heavy atom. The van der Waals surface area contributed by atoms with Gasteiger partial charge in [0.1, 0.15) is 0 Å². The Balaban J connectivity index is 1.38. The molecular formula is C21H29N3. The summed E-state index contributed by atoms with van der Waals surface area (Å²) in [7, 11) is 0. The van der Waals surface area contributed by atoms with Gasteiger partial charge in [0.2, 0.25) is 0 Å². The molecule has 2 fully saturated rings. The van der Waals surface area contributed by atoms with Gasteiger partial charge in [-0.15, -0.1) is 0 Å². The predicted molar refractivity (Wildman–Crippen MR) is 101 cm³/mol. The number of hydrazine groups is 1. The molecular weight excluding hydrogens is 294 g/mol. The monoisotopic (exact) mass is 323 g/mol. The Morgan fingerprint density at radius 2 is 1.92 bits per heavy atom. The molecule has 1 N–H and O–H groups in total. The molecule has 0 aromatic heterocycles. The van der Waals surface area contributed by atoms with Crippen LogP contribution in [-0.4, -0.2) is 31.1 Å². The van der Waals surface area contributed by atoms with E-state index >= 15 is 0 Å². The van der Waals surface area contributed by atoms with Gasteiger partial charge in [-0.2, -0.15) is 0 Å². The first kappa shape index (κ1) is 15.9. The van der Waals surface area contributed by atoms with Crippen molar-refractivity contribution in [2.75, 3.05) is 31.2 Å². The third kappa shape index (κ3) is 3.28. The zero-order chi connectivity index (χ0) is 16.4. The van der Waals surface area contributed by atoms with Crippen LogP contribution in [0.2, 0.25) is 0 Å². The minimum absolute atomic E-state index is 0.610. The highest BCUT2D eigenvalue weighted by Crippen LogP contribution is 2.36. The van der Waals surface area contributed by atoms with Crippen molar-refractivity contribution in [1.82, 2.24) is 10.3 Å². The van der Waals surface area contributed by atoms with Crippen LogP contribution in [-0.2, 0) is 0 Å². The molecule has 0 radical (unpaired) electrons. The summed E-state index contributed by atoms with van der Waals surface area (Å²) < 4.78 is 0. The van der Waals surface area contributed by atoms with E-state index in [0.29, 0.717) is 11.8 Å². The van der Waals surface area contributed by atoms with Gasteiger partial charge >= 0.3 is 0 Å². The summed E-state index contributed by atoms with van der Waals surface area (Å²) in [6.07, 6.45) is 11.0. The number of rotatable bonds is 4. The van der Waals surface area contributed by atoms with Gasteiger partial charge in [0.25, 0.3) is 0 Å². The summed E-state index contributed by atoms with van der Waals surface area (Å²) in [6, 6.07) is 10.7. The summed E-state index contributed by atoms with van der Waals surface area (Å²) in [5.41, 5.74) is 6.27. The Labute approximate surface area is 146 Å². The maximum atomic E-state index is 3.60. The number of allylic oxidation sites excluding steroid dienone is 3. The quantitative estimate of drug-likeness (QED) is 0.909. The second kappa shape index (κ2) is 7.12. The minimum atomic E-state index is 0.610. The molecule has 1 aromatic rings. The lowest BCUT2D eigenvalue weighted by Gasteiger charge is -2.32. The van der Waals surface area contributed by atoms with Crippen LogP contribution in [0, 0.1) is 17.8 Å². The van der Waals surface area contributed by atoms with E-state index in [9.17, 15) is 0 Å². The van der Waals surface area contributed by atoms with E-state index in [1.54, 1.807) is 0 Å². The zero-order valence-corrected chi connectivity index (χ0v) is 14.7. The van der Waals surface area contributed by atoms with Gasteiger partial charge in [0.15, 0.2) is 0 Å². The number of nitrogens with one attached hydrogen (secondary N) is 1. The third-order valence-corrected chi connectivity index (χ3v) is 5.92. The second-order valence-electron chi connectivity index (χ2n) is 7.59. The first-order chi connectivity index (χ1) is 11.8. The fourth-order valence-corrected chi connectivity index (χ4v) is 4.28. The van der Waals surface area contributed by atoms with E-state index in [1.165, 1.54) is 50.3 Å². The fourth-order valence-electron chi connectivity index (χ4n) is 4.28. The van der Waals surface area contributed by atoms with E-state index in [0.717, 1.165) is 12.5 Å². The summed E-state index contributed by atoms with van der Waals surface area (Å²) in [5.74, 6) is 2.19. The highest BCUT2D eigenvalue weighted by atomic mass is 15.5. The van der Waals surface area contributed by atoms with Crippen molar-refractivity contribution in [3.05, 3.63) is 54.3 Å². The topological polar surface area (TPSA) is 18.5 Å². The van der Waals surface area contributed by atoms with Gasteiger partial charge in [-0.3, -0.25) is 5.01 Å². The van der Waals surface area contributed by atoms with Gasteiger partial charge in [-0.1, -0.05) is 37.3 Å². The third-order valence-electron chi connectivity index (χ3n) is 5.92. The Bertz CT molecular complexity index is 599. The number of nitrogens with zero attached hydrogens (tertiary/aromatic N) is 2. The lowest BCUT2D eigenvalue weighted by atomic mass is 9.84. The van der Waals surface area contributed by atoms with Crippen molar-refractivity contribution in [3.8, 4) is 0 Å². The van der Waals surface area contributed by atoms with Gasteiger partial charge in [0.05, 0.1) is 5.69 Å². The molecule has 4 rings (SSSR count).